The van der Waals surface area contributed by atoms with E-state index in [2.05, 4.69) is 25.7 Å². The summed E-state index contributed by atoms with van der Waals surface area (Å²) in [7, 11) is 1.72. The van der Waals surface area contributed by atoms with E-state index >= 15 is 0 Å². The van der Waals surface area contributed by atoms with Crippen LogP contribution in [-0.2, 0) is 4.74 Å². The normalized spacial score (nSPS) is 22.9. The summed E-state index contributed by atoms with van der Waals surface area (Å²) >= 11 is 0. The molecule has 1 fully saturated rings. The van der Waals surface area contributed by atoms with Crippen molar-refractivity contribution in [3.63, 3.8) is 0 Å². The molecular weight excluding hydrogens is 214 g/mol. The van der Waals surface area contributed by atoms with Crippen molar-refractivity contribution in [2.75, 3.05) is 33.4 Å². The molecule has 0 amide bonds. The minimum atomic E-state index is -0.466. The van der Waals surface area contributed by atoms with Crippen LogP contribution in [0.15, 0.2) is 0 Å². The summed E-state index contributed by atoms with van der Waals surface area (Å²) < 4.78 is 5.10. The summed E-state index contributed by atoms with van der Waals surface area (Å²) in [5.74, 6) is 1.05. The minimum absolute atomic E-state index is 0.337. The summed E-state index contributed by atoms with van der Waals surface area (Å²) in [5, 5.41) is 10.6. The van der Waals surface area contributed by atoms with Crippen molar-refractivity contribution in [3.05, 3.63) is 0 Å². The molecule has 1 unspecified atom stereocenters. The van der Waals surface area contributed by atoms with Crippen molar-refractivity contribution in [2.45, 2.75) is 45.6 Å². The summed E-state index contributed by atoms with van der Waals surface area (Å²) in [4.78, 5) is 2.47. The van der Waals surface area contributed by atoms with Crippen LogP contribution in [0.1, 0.15) is 40.0 Å². The summed E-state index contributed by atoms with van der Waals surface area (Å²) in [5.41, 5.74) is -0.466. The van der Waals surface area contributed by atoms with Gasteiger partial charge in [-0.15, -0.1) is 0 Å². The van der Waals surface area contributed by atoms with Crippen molar-refractivity contribution in [1.29, 1.82) is 0 Å². The van der Waals surface area contributed by atoms with Gasteiger partial charge >= 0.3 is 0 Å². The highest BCUT2D eigenvalue weighted by atomic mass is 16.5. The number of methoxy groups -OCH3 is 1. The molecule has 1 atom stereocenters. The first-order valence-electron chi connectivity index (χ1n) is 6.91. The second kappa shape index (κ2) is 6.72. The molecule has 1 heterocycles. The fourth-order valence-corrected chi connectivity index (χ4v) is 2.70. The summed E-state index contributed by atoms with van der Waals surface area (Å²) in [6, 6.07) is 0. The number of nitrogens with zero attached hydrogens (tertiary/aromatic N) is 1. The lowest BCUT2D eigenvalue weighted by molar-refractivity contribution is -0.0697. The van der Waals surface area contributed by atoms with E-state index in [9.17, 15) is 5.11 Å². The molecule has 3 nitrogen and oxygen atoms in total. The molecule has 0 spiro atoms. The van der Waals surface area contributed by atoms with Crippen molar-refractivity contribution in [2.24, 2.45) is 11.8 Å². The Labute approximate surface area is 106 Å². The number of ether oxygens (including phenoxy) is 1. The van der Waals surface area contributed by atoms with Gasteiger partial charge in [-0.2, -0.15) is 0 Å². The molecule has 0 aromatic heterocycles. The molecule has 0 aliphatic carbocycles. The lowest BCUT2D eigenvalue weighted by atomic mass is 9.79. The van der Waals surface area contributed by atoms with Crippen LogP contribution in [0.5, 0.6) is 0 Å². The maximum absolute atomic E-state index is 10.6. The first-order chi connectivity index (χ1) is 7.98. The number of aliphatic hydroxyl groups is 1. The molecule has 1 N–H and O–H groups in total. The van der Waals surface area contributed by atoms with Crippen LogP contribution in [0.4, 0.5) is 0 Å². The van der Waals surface area contributed by atoms with Gasteiger partial charge in [-0.1, -0.05) is 20.8 Å². The summed E-state index contributed by atoms with van der Waals surface area (Å²) in [6.45, 7) is 10.6. The Morgan fingerprint density at radius 1 is 1.24 bits per heavy atom. The molecule has 17 heavy (non-hydrogen) atoms. The molecule has 0 saturated carbocycles. The van der Waals surface area contributed by atoms with Crippen LogP contribution >= 0.6 is 0 Å². The van der Waals surface area contributed by atoms with Crippen LogP contribution in [0.25, 0.3) is 0 Å². The SMILES string of the molecule is COCCC(C)C1(O)CCN(CC(C)C)CC1. The average Bonchev–Trinajstić information content (AvgIpc) is 2.28. The monoisotopic (exact) mass is 243 g/mol. The van der Waals surface area contributed by atoms with Crippen LogP contribution in [0.3, 0.4) is 0 Å². The summed E-state index contributed by atoms with van der Waals surface area (Å²) in [6.07, 6.45) is 2.77. The van der Waals surface area contributed by atoms with Crippen LogP contribution in [0.2, 0.25) is 0 Å². The highest BCUT2D eigenvalue weighted by molar-refractivity contribution is 4.90. The van der Waals surface area contributed by atoms with Gasteiger partial charge in [-0.3, -0.25) is 0 Å². The van der Waals surface area contributed by atoms with Gasteiger partial charge in [-0.25, -0.2) is 0 Å². The molecule has 0 bridgehead atoms. The van der Waals surface area contributed by atoms with Gasteiger partial charge < -0.3 is 14.7 Å². The highest BCUT2D eigenvalue weighted by Gasteiger charge is 2.36. The average molecular weight is 243 g/mol. The fraction of sp³-hybridized carbons (Fsp3) is 1.00. The predicted molar refractivity (Wildman–Crippen MR) is 71.1 cm³/mol. The largest absolute Gasteiger partial charge is 0.390 e. The fourth-order valence-electron chi connectivity index (χ4n) is 2.70. The third kappa shape index (κ3) is 4.57. The standard InChI is InChI=1S/C14H29NO2/c1-12(2)11-15-8-6-14(16,7-9-15)13(3)5-10-17-4/h12-13,16H,5-11H2,1-4H3. The molecule has 0 aromatic carbocycles. The van der Waals surface area contributed by atoms with Gasteiger partial charge in [0.2, 0.25) is 0 Å². The molecule has 1 saturated heterocycles. The van der Waals surface area contributed by atoms with Crippen LogP contribution in [-0.4, -0.2) is 49.0 Å². The number of hydrogen-bond acceptors (Lipinski definition) is 3. The molecule has 102 valence electrons. The zero-order valence-electron chi connectivity index (χ0n) is 11.9. The molecule has 0 radical (unpaired) electrons. The van der Waals surface area contributed by atoms with Crippen LogP contribution in [0, 0.1) is 11.8 Å². The number of hydrogen-bond donors (Lipinski definition) is 1. The lowest BCUT2D eigenvalue weighted by Gasteiger charge is -2.42. The van der Waals surface area contributed by atoms with Crippen LogP contribution < -0.4 is 0 Å². The first kappa shape index (κ1) is 14.9. The third-order valence-electron chi connectivity index (χ3n) is 4.02. The highest BCUT2D eigenvalue weighted by Crippen LogP contribution is 2.31. The lowest BCUT2D eigenvalue weighted by Crippen LogP contribution is -2.49. The Hall–Kier alpha value is -0.120. The Balaban J connectivity index is 2.37. The maximum Gasteiger partial charge on any atom is 0.0698 e. The van der Waals surface area contributed by atoms with E-state index in [4.69, 9.17) is 4.74 Å². The van der Waals surface area contributed by atoms with E-state index < -0.39 is 5.60 Å². The molecule has 1 aliphatic heterocycles. The van der Waals surface area contributed by atoms with E-state index in [0.29, 0.717) is 11.8 Å². The second-order valence-electron chi connectivity index (χ2n) is 5.98. The quantitative estimate of drug-likeness (QED) is 0.776. The maximum atomic E-state index is 10.6. The van der Waals surface area contributed by atoms with Gasteiger partial charge in [0.1, 0.15) is 0 Å². The van der Waals surface area contributed by atoms with Crippen molar-refractivity contribution >= 4 is 0 Å². The smallest absolute Gasteiger partial charge is 0.0698 e. The number of likely N-dealkylation sites (tertiary alicyclic amines) is 1. The molecule has 1 rings (SSSR count). The van der Waals surface area contributed by atoms with Gasteiger partial charge in [0.25, 0.3) is 0 Å². The Bertz CT molecular complexity index is 210. The Kier molecular flexibility index (Phi) is 5.90. The molecule has 1 aliphatic rings. The van der Waals surface area contributed by atoms with Gasteiger partial charge in [0.05, 0.1) is 5.60 Å². The van der Waals surface area contributed by atoms with E-state index in [1.165, 1.54) is 0 Å². The number of rotatable bonds is 6. The van der Waals surface area contributed by atoms with Gasteiger partial charge in [-0.05, 0) is 31.1 Å². The van der Waals surface area contributed by atoms with Gasteiger partial charge in [0, 0.05) is 33.4 Å². The topological polar surface area (TPSA) is 32.7 Å². The van der Waals surface area contributed by atoms with Crippen molar-refractivity contribution in [3.8, 4) is 0 Å². The zero-order chi connectivity index (χ0) is 12.9. The molecule has 0 aromatic rings. The third-order valence-corrected chi connectivity index (χ3v) is 4.02. The Morgan fingerprint density at radius 3 is 2.29 bits per heavy atom. The van der Waals surface area contributed by atoms with E-state index in [-0.39, 0.29) is 0 Å². The number of piperidine rings is 1. The van der Waals surface area contributed by atoms with Gasteiger partial charge in [0.15, 0.2) is 0 Å². The Morgan fingerprint density at radius 2 is 1.82 bits per heavy atom. The van der Waals surface area contributed by atoms with E-state index in [1.807, 2.05) is 0 Å². The van der Waals surface area contributed by atoms with E-state index in [0.717, 1.165) is 45.5 Å². The minimum Gasteiger partial charge on any atom is -0.390 e. The molecule has 3 heteroatoms. The predicted octanol–water partition coefficient (Wildman–Crippen LogP) is 2.14. The van der Waals surface area contributed by atoms with Crippen molar-refractivity contribution < 1.29 is 9.84 Å². The van der Waals surface area contributed by atoms with Crippen molar-refractivity contribution in [1.82, 2.24) is 4.90 Å². The molecular formula is C14H29NO2. The van der Waals surface area contributed by atoms with E-state index in [1.54, 1.807) is 7.11 Å². The second-order valence-corrected chi connectivity index (χ2v) is 5.98. The zero-order valence-corrected chi connectivity index (χ0v) is 11.9. The first-order valence-corrected chi connectivity index (χ1v) is 6.91.